The van der Waals surface area contributed by atoms with Crippen molar-refractivity contribution in [2.24, 2.45) is 5.92 Å². The molecule has 0 radical (unpaired) electrons. The van der Waals surface area contributed by atoms with Crippen LogP contribution in [-0.2, 0) is 0 Å². The molecule has 2 aliphatic rings. The molecule has 0 amide bonds. The molecule has 4 rings (SSSR count). The maximum atomic E-state index is 5.40. The lowest BCUT2D eigenvalue weighted by molar-refractivity contribution is 0.444. The topological polar surface area (TPSA) is 78.9 Å². The van der Waals surface area contributed by atoms with Crippen LogP contribution in [0.3, 0.4) is 0 Å². The third kappa shape index (κ3) is 5.26. The molecule has 2 fully saturated rings. The van der Waals surface area contributed by atoms with Crippen LogP contribution in [0.4, 0.5) is 11.8 Å². The van der Waals surface area contributed by atoms with Crippen molar-refractivity contribution >= 4 is 40.9 Å². The number of rotatable bonds is 5. The van der Waals surface area contributed by atoms with Crippen LogP contribution in [0.1, 0.15) is 32.6 Å². The zero-order chi connectivity index (χ0) is 18.6. The maximum Gasteiger partial charge on any atom is 0.232 e. The first-order chi connectivity index (χ1) is 13.2. The normalized spacial score (nSPS) is 19.6. The largest absolute Gasteiger partial charge is 0.360 e. The molecule has 1 aliphatic heterocycles. The molecule has 3 heterocycles. The van der Waals surface area contributed by atoms with Gasteiger partial charge in [0.05, 0.1) is 0 Å². The Kier molecular flexibility index (Phi) is 5.68. The molecule has 7 nitrogen and oxygen atoms in total. The Hall–Kier alpha value is -2.00. The van der Waals surface area contributed by atoms with E-state index in [0.717, 1.165) is 23.9 Å². The van der Waals surface area contributed by atoms with Crippen LogP contribution in [0.25, 0.3) is 0 Å². The zero-order valence-electron chi connectivity index (χ0n) is 15.3. The van der Waals surface area contributed by atoms with Crippen LogP contribution in [0, 0.1) is 5.92 Å². The van der Waals surface area contributed by atoms with Crippen molar-refractivity contribution in [1.82, 2.24) is 25.3 Å². The minimum absolute atomic E-state index is 0.489. The molecular weight excluding hydrogens is 378 g/mol. The van der Waals surface area contributed by atoms with Gasteiger partial charge < -0.3 is 15.5 Å². The van der Waals surface area contributed by atoms with E-state index in [4.69, 9.17) is 17.2 Å². The Morgan fingerprint density at radius 2 is 2.04 bits per heavy atom. The Bertz CT molecular complexity index is 798. The monoisotopic (exact) mass is 401 g/mol. The molecule has 1 saturated carbocycles. The summed E-state index contributed by atoms with van der Waals surface area (Å²) in [5.74, 6) is 2.10. The summed E-state index contributed by atoms with van der Waals surface area (Å²) in [4.78, 5) is 20.2. The highest BCUT2D eigenvalue weighted by Crippen LogP contribution is 2.29. The highest BCUT2D eigenvalue weighted by molar-refractivity contribution is 7.99. The molecule has 0 aromatic carbocycles. The fraction of sp³-hybridized carbons (Fsp3) is 0.500. The number of piperidine rings is 1. The standard InChI is InChI=1S/C18H23N7S2/c1-12-4-2-9-25(11-12)14-10-15(27-18-19-7-3-8-20-18)23-16(22-14)24-17(26)21-13-5-6-13/h3,7-8,10,12-13H,2,4-6,9,11H2,1H3,(H2,21,22,23,24,26)/t12-/m0/s1. The van der Waals surface area contributed by atoms with Crippen molar-refractivity contribution in [1.29, 1.82) is 0 Å². The van der Waals surface area contributed by atoms with Crippen molar-refractivity contribution in [3.05, 3.63) is 24.5 Å². The third-order valence-electron chi connectivity index (χ3n) is 4.55. The van der Waals surface area contributed by atoms with Gasteiger partial charge >= 0.3 is 0 Å². The molecule has 2 N–H and O–H groups in total. The van der Waals surface area contributed by atoms with Gasteiger partial charge in [0.15, 0.2) is 10.3 Å². The summed E-state index contributed by atoms with van der Waals surface area (Å²) in [6.07, 6.45) is 8.25. The van der Waals surface area contributed by atoms with Gasteiger partial charge in [-0.05, 0) is 61.6 Å². The van der Waals surface area contributed by atoms with E-state index in [9.17, 15) is 0 Å². The molecule has 0 spiro atoms. The second kappa shape index (κ2) is 8.35. The van der Waals surface area contributed by atoms with E-state index in [0.29, 0.717) is 28.2 Å². The SMILES string of the molecule is C[C@H]1CCCN(c2cc(Sc3ncccn3)nc(NC(=S)NC3CC3)n2)C1. The van der Waals surface area contributed by atoms with Gasteiger partial charge in [-0.2, -0.15) is 4.98 Å². The van der Waals surface area contributed by atoms with E-state index in [1.165, 1.54) is 37.4 Å². The first-order valence-corrected chi connectivity index (χ1v) is 10.5. The molecule has 0 unspecified atom stereocenters. The van der Waals surface area contributed by atoms with E-state index in [1.54, 1.807) is 18.5 Å². The van der Waals surface area contributed by atoms with Gasteiger partial charge in [-0.3, -0.25) is 0 Å². The van der Waals surface area contributed by atoms with Crippen LogP contribution >= 0.6 is 24.0 Å². The second-order valence-corrected chi connectivity index (χ2v) is 8.48. The van der Waals surface area contributed by atoms with Gasteiger partial charge in [-0.15, -0.1) is 0 Å². The van der Waals surface area contributed by atoms with Gasteiger partial charge in [0.2, 0.25) is 5.95 Å². The lowest BCUT2D eigenvalue weighted by atomic mass is 10.0. The fourth-order valence-corrected chi connectivity index (χ4v) is 4.03. The molecule has 2 aromatic heterocycles. The van der Waals surface area contributed by atoms with Crippen LogP contribution in [0.5, 0.6) is 0 Å². The van der Waals surface area contributed by atoms with Crippen LogP contribution in [-0.4, -0.2) is 44.2 Å². The van der Waals surface area contributed by atoms with Gasteiger partial charge in [-0.25, -0.2) is 15.0 Å². The summed E-state index contributed by atoms with van der Waals surface area (Å²) >= 11 is 6.83. The van der Waals surface area contributed by atoms with E-state index in [2.05, 4.69) is 37.4 Å². The second-order valence-electron chi connectivity index (χ2n) is 7.09. The summed E-state index contributed by atoms with van der Waals surface area (Å²) in [5, 5.41) is 8.47. The van der Waals surface area contributed by atoms with Gasteiger partial charge in [0.1, 0.15) is 10.8 Å². The van der Waals surface area contributed by atoms with Crippen LogP contribution in [0.15, 0.2) is 34.7 Å². The number of hydrogen-bond acceptors (Lipinski definition) is 7. The maximum absolute atomic E-state index is 5.40. The smallest absolute Gasteiger partial charge is 0.232 e. The van der Waals surface area contributed by atoms with E-state index in [-0.39, 0.29) is 0 Å². The van der Waals surface area contributed by atoms with Gasteiger partial charge in [0.25, 0.3) is 0 Å². The first-order valence-electron chi connectivity index (χ1n) is 9.32. The van der Waals surface area contributed by atoms with Crippen LogP contribution in [0.2, 0.25) is 0 Å². The summed E-state index contributed by atoms with van der Waals surface area (Å²) in [6, 6.07) is 4.31. The first kappa shape index (κ1) is 18.4. The number of aromatic nitrogens is 4. The third-order valence-corrected chi connectivity index (χ3v) is 5.58. The summed E-state index contributed by atoms with van der Waals surface area (Å²) < 4.78 is 0. The van der Waals surface area contributed by atoms with E-state index >= 15 is 0 Å². The number of nitrogens with one attached hydrogen (secondary N) is 2. The summed E-state index contributed by atoms with van der Waals surface area (Å²) in [5.41, 5.74) is 0. The molecule has 142 valence electrons. The Morgan fingerprint density at radius 1 is 1.22 bits per heavy atom. The molecule has 1 saturated heterocycles. The predicted molar refractivity (Wildman–Crippen MR) is 111 cm³/mol. The lowest BCUT2D eigenvalue weighted by Crippen LogP contribution is -2.35. The molecule has 1 aliphatic carbocycles. The zero-order valence-corrected chi connectivity index (χ0v) is 16.9. The summed E-state index contributed by atoms with van der Waals surface area (Å²) in [7, 11) is 0. The molecule has 1 atom stereocenters. The molecule has 2 aromatic rings. The minimum Gasteiger partial charge on any atom is -0.360 e. The van der Waals surface area contributed by atoms with Gasteiger partial charge in [0, 0.05) is 37.6 Å². The quantitative estimate of drug-likeness (QED) is 0.446. The van der Waals surface area contributed by atoms with E-state index < -0.39 is 0 Å². The molecule has 9 heteroatoms. The van der Waals surface area contributed by atoms with Gasteiger partial charge in [-0.1, -0.05) is 6.92 Å². The van der Waals surface area contributed by atoms with Crippen molar-refractivity contribution in [3.8, 4) is 0 Å². The number of thiocarbonyl (C=S) groups is 1. The Balaban J connectivity index is 1.57. The highest BCUT2D eigenvalue weighted by Gasteiger charge is 2.23. The molecule has 27 heavy (non-hydrogen) atoms. The average Bonchev–Trinajstić information content (AvgIpc) is 3.46. The van der Waals surface area contributed by atoms with Crippen LogP contribution < -0.4 is 15.5 Å². The lowest BCUT2D eigenvalue weighted by Gasteiger charge is -2.32. The van der Waals surface area contributed by atoms with E-state index in [1.807, 2.05) is 6.07 Å². The Labute approximate surface area is 168 Å². The number of hydrogen-bond donors (Lipinski definition) is 2. The molecule has 0 bridgehead atoms. The summed E-state index contributed by atoms with van der Waals surface area (Å²) in [6.45, 7) is 4.30. The molecular formula is C18H23N7S2. The number of anilines is 2. The Morgan fingerprint density at radius 3 is 2.78 bits per heavy atom. The minimum atomic E-state index is 0.489. The van der Waals surface area contributed by atoms with Crippen molar-refractivity contribution in [3.63, 3.8) is 0 Å². The fourth-order valence-electron chi connectivity index (χ4n) is 3.06. The highest BCUT2D eigenvalue weighted by atomic mass is 32.2. The van der Waals surface area contributed by atoms with Crippen molar-refractivity contribution < 1.29 is 0 Å². The number of nitrogens with zero attached hydrogens (tertiary/aromatic N) is 5. The predicted octanol–water partition coefficient (Wildman–Crippen LogP) is 3.10. The average molecular weight is 402 g/mol. The van der Waals surface area contributed by atoms with Crippen molar-refractivity contribution in [2.75, 3.05) is 23.3 Å². The van der Waals surface area contributed by atoms with Crippen molar-refractivity contribution in [2.45, 2.75) is 48.8 Å².